The predicted molar refractivity (Wildman–Crippen MR) is 129 cm³/mol. The Labute approximate surface area is 193 Å². The number of rotatable bonds is 10. The van der Waals surface area contributed by atoms with E-state index in [9.17, 15) is 4.79 Å². The standard InChI is InChI=1S/C24H41N5O3/c1-6-25-23(27-20-13-15-29(16-14-20)24(30)32-9-4)26-18-22(28(7-2)8-3)19-11-10-12-21(17-19)31-5/h10-12,17,20,22H,6-9,13-16,18H2,1-5H3,(H2,25,26,27). The highest BCUT2D eigenvalue weighted by atomic mass is 16.6. The van der Waals surface area contributed by atoms with Crippen molar-refractivity contribution in [2.45, 2.75) is 52.6 Å². The third kappa shape index (κ3) is 7.58. The Morgan fingerprint density at radius 1 is 1.22 bits per heavy atom. The fraction of sp³-hybridized carbons (Fsp3) is 0.667. The minimum absolute atomic E-state index is 0.168. The lowest BCUT2D eigenvalue weighted by atomic mass is 10.0. The molecule has 1 amide bonds. The van der Waals surface area contributed by atoms with E-state index in [1.165, 1.54) is 5.56 Å². The second-order valence-electron chi connectivity index (χ2n) is 7.84. The quantitative estimate of drug-likeness (QED) is 0.423. The smallest absolute Gasteiger partial charge is 0.409 e. The van der Waals surface area contributed by atoms with Gasteiger partial charge >= 0.3 is 6.09 Å². The van der Waals surface area contributed by atoms with E-state index >= 15 is 0 Å². The first-order valence-electron chi connectivity index (χ1n) is 11.9. The number of carbonyl (C=O) groups excluding carboxylic acids is 1. The Kier molecular flexibility index (Phi) is 11.1. The highest BCUT2D eigenvalue weighted by Crippen LogP contribution is 2.24. The fourth-order valence-corrected chi connectivity index (χ4v) is 4.06. The van der Waals surface area contributed by atoms with Crippen LogP contribution in [0.15, 0.2) is 29.3 Å². The van der Waals surface area contributed by atoms with Gasteiger partial charge in [0.05, 0.1) is 26.3 Å². The van der Waals surface area contributed by atoms with Crippen LogP contribution in [-0.4, -0.2) is 80.9 Å². The van der Waals surface area contributed by atoms with Crippen molar-refractivity contribution in [3.8, 4) is 5.75 Å². The molecule has 0 saturated carbocycles. The van der Waals surface area contributed by atoms with Gasteiger partial charge in [0, 0.05) is 25.7 Å². The number of carbonyl (C=O) groups is 1. The van der Waals surface area contributed by atoms with E-state index in [2.05, 4.69) is 48.4 Å². The van der Waals surface area contributed by atoms with Gasteiger partial charge in [-0.25, -0.2) is 4.79 Å². The lowest BCUT2D eigenvalue weighted by Gasteiger charge is -2.33. The Bertz CT molecular complexity index is 715. The van der Waals surface area contributed by atoms with Gasteiger partial charge in [0.15, 0.2) is 5.96 Å². The van der Waals surface area contributed by atoms with Crippen molar-refractivity contribution < 1.29 is 14.3 Å². The zero-order valence-electron chi connectivity index (χ0n) is 20.4. The molecule has 2 rings (SSSR count). The zero-order valence-corrected chi connectivity index (χ0v) is 20.4. The Morgan fingerprint density at radius 3 is 2.53 bits per heavy atom. The third-order valence-corrected chi connectivity index (χ3v) is 5.86. The lowest BCUT2D eigenvalue weighted by Crippen LogP contribution is -2.50. The van der Waals surface area contributed by atoms with Gasteiger partial charge in [-0.3, -0.25) is 9.89 Å². The summed E-state index contributed by atoms with van der Waals surface area (Å²) in [6.45, 7) is 13.4. The molecule has 8 nitrogen and oxygen atoms in total. The Morgan fingerprint density at radius 2 is 1.94 bits per heavy atom. The molecule has 0 aromatic heterocycles. The summed E-state index contributed by atoms with van der Waals surface area (Å²) >= 11 is 0. The predicted octanol–water partition coefficient (Wildman–Crippen LogP) is 3.25. The minimum Gasteiger partial charge on any atom is -0.497 e. The van der Waals surface area contributed by atoms with E-state index in [0.717, 1.165) is 44.2 Å². The van der Waals surface area contributed by atoms with Crippen molar-refractivity contribution in [3.63, 3.8) is 0 Å². The van der Waals surface area contributed by atoms with Crippen LogP contribution in [0.25, 0.3) is 0 Å². The highest BCUT2D eigenvalue weighted by molar-refractivity contribution is 5.80. The van der Waals surface area contributed by atoms with Crippen LogP contribution in [0.2, 0.25) is 0 Å². The van der Waals surface area contributed by atoms with E-state index in [-0.39, 0.29) is 18.2 Å². The molecule has 1 heterocycles. The van der Waals surface area contributed by atoms with E-state index < -0.39 is 0 Å². The number of hydrogen-bond acceptors (Lipinski definition) is 5. The van der Waals surface area contributed by atoms with Crippen LogP contribution in [0.4, 0.5) is 4.79 Å². The number of ether oxygens (including phenoxy) is 2. The summed E-state index contributed by atoms with van der Waals surface area (Å²) in [6, 6.07) is 8.70. The average Bonchev–Trinajstić information content (AvgIpc) is 2.82. The summed E-state index contributed by atoms with van der Waals surface area (Å²) in [7, 11) is 1.70. The van der Waals surface area contributed by atoms with Gasteiger partial charge in [-0.05, 0) is 57.5 Å². The molecule has 8 heteroatoms. The molecule has 1 aromatic carbocycles. The summed E-state index contributed by atoms with van der Waals surface area (Å²) in [5.74, 6) is 1.68. The molecule has 1 atom stereocenters. The normalized spacial score (nSPS) is 16.1. The van der Waals surface area contributed by atoms with Gasteiger partial charge in [0.25, 0.3) is 0 Å². The second kappa shape index (κ2) is 13.8. The molecule has 1 saturated heterocycles. The average molecular weight is 448 g/mol. The molecule has 0 spiro atoms. The summed E-state index contributed by atoms with van der Waals surface area (Å²) < 4.78 is 10.6. The third-order valence-electron chi connectivity index (χ3n) is 5.86. The molecule has 0 aliphatic carbocycles. The highest BCUT2D eigenvalue weighted by Gasteiger charge is 2.24. The van der Waals surface area contributed by atoms with Crippen LogP contribution in [-0.2, 0) is 4.74 Å². The van der Waals surface area contributed by atoms with Gasteiger partial charge in [-0.15, -0.1) is 0 Å². The van der Waals surface area contributed by atoms with Crippen molar-refractivity contribution in [2.75, 3.05) is 53.0 Å². The Balaban J connectivity index is 2.07. The molecule has 180 valence electrons. The monoisotopic (exact) mass is 447 g/mol. The first kappa shape index (κ1) is 25.8. The lowest BCUT2D eigenvalue weighted by molar-refractivity contribution is 0.0963. The first-order valence-corrected chi connectivity index (χ1v) is 11.9. The number of aliphatic imine (C=N–C) groups is 1. The van der Waals surface area contributed by atoms with Crippen molar-refractivity contribution in [3.05, 3.63) is 29.8 Å². The van der Waals surface area contributed by atoms with Gasteiger partial charge in [0.1, 0.15) is 5.75 Å². The van der Waals surface area contributed by atoms with Gasteiger partial charge < -0.3 is 25.0 Å². The molecule has 1 unspecified atom stereocenters. The number of hydrogen-bond donors (Lipinski definition) is 2. The van der Waals surface area contributed by atoms with Crippen LogP contribution in [0, 0.1) is 0 Å². The first-order chi connectivity index (χ1) is 15.6. The number of piperidine rings is 1. The van der Waals surface area contributed by atoms with Gasteiger partial charge in [-0.1, -0.05) is 26.0 Å². The van der Waals surface area contributed by atoms with Crippen LogP contribution in [0.3, 0.4) is 0 Å². The maximum Gasteiger partial charge on any atom is 0.409 e. The molecule has 0 bridgehead atoms. The molecule has 0 radical (unpaired) electrons. The van der Waals surface area contributed by atoms with Gasteiger partial charge in [-0.2, -0.15) is 0 Å². The Hall–Kier alpha value is -2.48. The fourth-order valence-electron chi connectivity index (χ4n) is 4.06. The molecule has 2 N–H and O–H groups in total. The summed E-state index contributed by atoms with van der Waals surface area (Å²) in [6.07, 6.45) is 1.53. The molecule has 1 aromatic rings. The molecule has 1 aliphatic rings. The number of guanidine groups is 1. The van der Waals surface area contributed by atoms with E-state index in [1.54, 1.807) is 12.0 Å². The largest absolute Gasteiger partial charge is 0.497 e. The molecular formula is C24H41N5O3. The number of likely N-dealkylation sites (tertiary alicyclic amines) is 1. The van der Waals surface area contributed by atoms with Crippen molar-refractivity contribution in [2.24, 2.45) is 4.99 Å². The molecule has 1 aliphatic heterocycles. The number of amides is 1. The maximum absolute atomic E-state index is 11.9. The van der Waals surface area contributed by atoms with E-state index in [1.807, 2.05) is 19.1 Å². The summed E-state index contributed by atoms with van der Waals surface area (Å²) in [5.41, 5.74) is 1.20. The maximum atomic E-state index is 11.9. The zero-order chi connectivity index (χ0) is 23.3. The van der Waals surface area contributed by atoms with E-state index in [0.29, 0.717) is 26.2 Å². The van der Waals surface area contributed by atoms with Crippen LogP contribution < -0.4 is 15.4 Å². The molecular weight excluding hydrogens is 406 g/mol. The van der Waals surface area contributed by atoms with E-state index in [4.69, 9.17) is 14.5 Å². The SMILES string of the molecule is CCNC(=NCC(c1cccc(OC)c1)N(CC)CC)NC1CCN(C(=O)OCC)CC1. The number of nitrogens with zero attached hydrogens (tertiary/aromatic N) is 3. The molecule has 1 fully saturated rings. The van der Waals surface area contributed by atoms with Crippen molar-refractivity contribution in [1.82, 2.24) is 20.4 Å². The number of benzene rings is 1. The minimum atomic E-state index is -0.216. The number of nitrogens with one attached hydrogen (secondary N) is 2. The molecule has 32 heavy (non-hydrogen) atoms. The number of likely N-dealkylation sites (N-methyl/N-ethyl adjacent to an activating group) is 1. The summed E-state index contributed by atoms with van der Waals surface area (Å²) in [4.78, 5) is 21.1. The topological polar surface area (TPSA) is 78.4 Å². The van der Waals surface area contributed by atoms with Crippen molar-refractivity contribution >= 4 is 12.1 Å². The van der Waals surface area contributed by atoms with Gasteiger partial charge in [0.2, 0.25) is 0 Å². The number of methoxy groups -OCH3 is 1. The summed E-state index contributed by atoms with van der Waals surface area (Å²) in [5, 5.41) is 6.95. The van der Waals surface area contributed by atoms with Crippen LogP contribution >= 0.6 is 0 Å². The van der Waals surface area contributed by atoms with Crippen molar-refractivity contribution in [1.29, 1.82) is 0 Å². The van der Waals surface area contributed by atoms with Crippen LogP contribution in [0.1, 0.15) is 52.1 Å². The van der Waals surface area contributed by atoms with Crippen LogP contribution in [0.5, 0.6) is 5.75 Å². The second-order valence-corrected chi connectivity index (χ2v) is 7.84.